The quantitative estimate of drug-likeness (QED) is 0.511. The predicted octanol–water partition coefficient (Wildman–Crippen LogP) is 3.75. The van der Waals surface area contributed by atoms with Crippen LogP contribution < -0.4 is 5.32 Å². The highest BCUT2D eigenvalue weighted by atomic mass is 16.4. The van der Waals surface area contributed by atoms with Gasteiger partial charge in [-0.3, -0.25) is 4.79 Å². The average Bonchev–Trinajstić information content (AvgIpc) is 2.49. The van der Waals surface area contributed by atoms with Gasteiger partial charge in [0.2, 0.25) is 0 Å². The van der Waals surface area contributed by atoms with Crippen LogP contribution in [0.5, 0.6) is 0 Å². The Morgan fingerprint density at radius 3 is 2.48 bits per heavy atom. The summed E-state index contributed by atoms with van der Waals surface area (Å²) in [4.78, 5) is 12.3. The molecule has 0 aliphatic carbocycles. The van der Waals surface area contributed by atoms with Gasteiger partial charge in [0, 0.05) is 11.1 Å². The molecule has 0 saturated carbocycles. The first-order valence-electron chi connectivity index (χ1n) is 6.69. The van der Waals surface area contributed by atoms with E-state index >= 15 is 0 Å². The van der Waals surface area contributed by atoms with Crippen LogP contribution in [0.1, 0.15) is 34.0 Å². The van der Waals surface area contributed by atoms with E-state index in [0.717, 1.165) is 11.1 Å². The van der Waals surface area contributed by atoms with Crippen LogP contribution in [0.4, 0.5) is 5.69 Å². The van der Waals surface area contributed by atoms with Crippen LogP contribution in [-0.4, -0.2) is 16.8 Å². The summed E-state index contributed by atoms with van der Waals surface area (Å²) < 4.78 is 0. The number of nitrogens with one attached hydrogen (secondary N) is 1. The highest BCUT2D eigenvalue weighted by Gasteiger charge is 2.11. The van der Waals surface area contributed by atoms with E-state index in [0.29, 0.717) is 22.5 Å². The minimum atomic E-state index is -0.184. The number of oxime groups is 1. The van der Waals surface area contributed by atoms with E-state index in [1.54, 1.807) is 25.1 Å². The van der Waals surface area contributed by atoms with Crippen LogP contribution in [0.15, 0.2) is 47.6 Å². The van der Waals surface area contributed by atoms with Crippen molar-refractivity contribution in [3.8, 4) is 0 Å². The van der Waals surface area contributed by atoms with Crippen LogP contribution >= 0.6 is 0 Å². The lowest BCUT2D eigenvalue weighted by atomic mass is 10.1. The molecule has 0 radical (unpaired) electrons. The topological polar surface area (TPSA) is 61.7 Å². The van der Waals surface area contributed by atoms with Gasteiger partial charge in [0.1, 0.15) is 0 Å². The lowest BCUT2D eigenvalue weighted by molar-refractivity contribution is 0.102. The van der Waals surface area contributed by atoms with Gasteiger partial charge in [-0.25, -0.2) is 0 Å². The first kappa shape index (κ1) is 14.8. The monoisotopic (exact) mass is 282 g/mol. The fourth-order valence-corrected chi connectivity index (χ4v) is 2.04. The second-order valence-corrected chi connectivity index (χ2v) is 4.98. The van der Waals surface area contributed by atoms with Gasteiger partial charge in [0.15, 0.2) is 0 Å². The largest absolute Gasteiger partial charge is 0.411 e. The van der Waals surface area contributed by atoms with Crippen LogP contribution in [0.3, 0.4) is 0 Å². The van der Waals surface area contributed by atoms with Crippen molar-refractivity contribution in [2.75, 3.05) is 5.32 Å². The van der Waals surface area contributed by atoms with E-state index in [-0.39, 0.29) is 5.91 Å². The van der Waals surface area contributed by atoms with E-state index in [4.69, 9.17) is 5.21 Å². The number of carbonyl (C=O) groups is 1. The number of anilines is 1. The van der Waals surface area contributed by atoms with Gasteiger partial charge in [0.05, 0.1) is 11.4 Å². The first-order valence-corrected chi connectivity index (χ1v) is 6.69. The second kappa shape index (κ2) is 6.22. The molecule has 2 N–H and O–H groups in total. The molecule has 21 heavy (non-hydrogen) atoms. The zero-order valence-electron chi connectivity index (χ0n) is 12.3. The van der Waals surface area contributed by atoms with E-state index in [1.165, 1.54) is 0 Å². The number of benzene rings is 2. The maximum absolute atomic E-state index is 12.3. The Morgan fingerprint density at radius 2 is 1.81 bits per heavy atom. The summed E-state index contributed by atoms with van der Waals surface area (Å²) in [6.45, 7) is 5.66. The summed E-state index contributed by atoms with van der Waals surface area (Å²) in [7, 11) is 0. The Hall–Kier alpha value is -2.62. The molecule has 1 amide bonds. The molecule has 0 fully saturated rings. The van der Waals surface area contributed by atoms with E-state index in [2.05, 4.69) is 10.5 Å². The molecule has 0 spiro atoms. The first-order chi connectivity index (χ1) is 10.0. The van der Waals surface area contributed by atoms with Gasteiger partial charge in [-0.15, -0.1) is 0 Å². The van der Waals surface area contributed by atoms with Crippen molar-refractivity contribution in [2.24, 2.45) is 5.16 Å². The van der Waals surface area contributed by atoms with Crippen molar-refractivity contribution in [1.29, 1.82) is 0 Å². The van der Waals surface area contributed by atoms with Crippen LogP contribution in [0, 0.1) is 13.8 Å². The van der Waals surface area contributed by atoms with Crippen LogP contribution in [-0.2, 0) is 0 Å². The summed E-state index contributed by atoms with van der Waals surface area (Å²) in [5, 5.41) is 15.0. The van der Waals surface area contributed by atoms with Gasteiger partial charge >= 0.3 is 0 Å². The molecule has 0 aliphatic heterocycles. The van der Waals surface area contributed by atoms with Crippen LogP contribution in [0.25, 0.3) is 0 Å². The summed E-state index contributed by atoms with van der Waals surface area (Å²) in [5.74, 6) is -0.184. The van der Waals surface area contributed by atoms with E-state index in [1.807, 2.05) is 38.1 Å². The van der Waals surface area contributed by atoms with Crippen LogP contribution in [0.2, 0.25) is 0 Å². The molecule has 0 saturated heterocycles. The Kier molecular flexibility index (Phi) is 4.38. The minimum absolute atomic E-state index is 0.184. The van der Waals surface area contributed by atoms with Crippen molar-refractivity contribution >= 4 is 17.3 Å². The number of hydrogen-bond acceptors (Lipinski definition) is 3. The maximum Gasteiger partial charge on any atom is 0.255 e. The van der Waals surface area contributed by atoms with E-state index in [9.17, 15) is 4.79 Å². The minimum Gasteiger partial charge on any atom is -0.411 e. The fraction of sp³-hybridized carbons (Fsp3) is 0.176. The number of carbonyl (C=O) groups excluding carboxylic acids is 1. The normalized spacial score (nSPS) is 11.3. The smallest absolute Gasteiger partial charge is 0.255 e. The van der Waals surface area contributed by atoms with Crippen molar-refractivity contribution in [2.45, 2.75) is 20.8 Å². The molecule has 0 unspecified atom stereocenters. The summed E-state index contributed by atoms with van der Waals surface area (Å²) in [6, 6.07) is 12.8. The summed E-state index contributed by atoms with van der Waals surface area (Å²) >= 11 is 0. The summed E-state index contributed by atoms with van der Waals surface area (Å²) in [5.41, 5.74) is 4.59. The number of hydrogen-bond donors (Lipinski definition) is 2. The van der Waals surface area contributed by atoms with Crippen molar-refractivity contribution < 1.29 is 10.0 Å². The molecule has 2 aromatic carbocycles. The number of aryl methyl sites for hydroxylation is 2. The number of rotatable bonds is 3. The van der Waals surface area contributed by atoms with Gasteiger partial charge < -0.3 is 10.5 Å². The third kappa shape index (κ3) is 3.28. The molecule has 0 aliphatic rings. The molecule has 2 aromatic rings. The molecule has 0 heterocycles. The molecule has 108 valence electrons. The van der Waals surface area contributed by atoms with Crippen molar-refractivity contribution in [3.63, 3.8) is 0 Å². The van der Waals surface area contributed by atoms with Gasteiger partial charge in [-0.1, -0.05) is 29.4 Å². The zero-order valence-corrected chi connectivity index (χ0v) is 12.3. The molecule has 0 atom stereocenters. The molecular formula is C17H18N2O2. The van der Waals surface area contributed by atoms with E-state index < -0.39 is 0 Å². The highest BCUT2D eigenvalue weighted by molar-refractivity contribution is 6.10. The Morgan fingerprint density at radius 1 is 1.10 bits per heavy atom. The molecular weight excluding hydrogens is 264 g/mol. The lowest BCUT2D eigenvalue weighted by Crippen LogP contribution is -2.14. The van der Waals surface area contributed by atoms with Gasteiger partial charge in [0.25, 0.3) is 5.91 Å². The summed E-state index contributed by atoms with van der Waals surface area (Å²) in [6.07, 6.45) is 0. The second-order valence-electron chi connectivity index (χ2n) is 4.98. The Balaban J connectivity index is 2.30. The standard InChI is InChI=1S/C17H18N2O2/c1-11-8-9-14(10-12(11)2)17(20)18-16-7-5-4-6-15(16)13(3)19-21/h4-10,21H,1-3H3,(H,18,20)/b19-13+. The molecule has 4 heteroatoms. The van der Waals surface area contributed by atoms with Crippen molar-refractivity contribution in [3.05, 3.63) is 64.7 Å². The molecule has 2 rings (SSSR count). The van der Waals surface area contributed by atoms with Crippen molar-refractivity contribution in [1.82, 2.24) is 0 Å². The predicted molar refractivity (Wildman–Crippen MR) is 84.3 cm³/mol. The number of para-hydroxylation sites is 1. The zero-order chi connectivity index (χ0) is 15.4. The Labute approximate surface area is 124 Å². The van der Waals surface area contributed by atoms with Gasteiger partial charge in [-0.2, -0.15) is 0 Å². The number of amides is 1. The molecule has 4 nitrogen and oxygen atoms in total. The third-order valence-corrected chi connectivity index (χ3v) is 3.48. The maximum atomic E-state index is 12.3. The average molecular weight is 282 g/mol. The number of nitrogens with zero attached hydrogens (tertiary/aromatic N) is 1. The fourth-order valence-electron chi connectivity index (χ4n) is 2.04. The van der Waals surface area contributed by atoms with Gasteiger partial charge in [-0.05, 0) is 50.1 Å². The lowest BCUT2D eigenvalue weighted by Gasteiger charge is -2.11. The molecule has 0 bridgehead atoms. The third-order valence-electron chi connectivity index (χ3n) is 3.48. The molecule has 0 aromatic heterocycles. The SMILES string of the molecule is C/C(=N\O)c1ccccc1NC(=O)c1ccc(C)c(C)c1. The Bertz CT molecular complexity index is 706. The highest BCUT2D eigenvalue weighted by Crippen LogP contribution is 2.18.